The van der Waals surface area contributed by atoms with Crippen LogP contribution in [-0.4, -0.2) is 57.1 Å². The second-order valence-corrected chi connectivity index (χ2v) is 12.9. The van der Waals surface area contributed by atoms with Gasteiger partial charge in [-0.3, -0.25) is 23.6 Å². The number of fused-ring (bicyclic) bond motifs is 1. The first kappa shape index (κ1) is 34.0. The summed E-state index contributed by atoms with van der Waals surface area (Å²) in [6.07, 6.45) is 3.43. The summed E-state index contributed by atoms with van der Waals surface area (Å²) in [7, 11) is 0. The third-order valence-electron chi connectivity index (χ3n) is 8.84. The summed E-state index contributed by atoms with van der Waals surface area (Å²) in [5, 5.41) is 0. The molecular formula is C36H34ClF4N5O3. The Bertz CT molecular complexity index is 2010. The van der Waals surface area contributed by atoms with Gasteiger partial charge in [-0.15, -0.1) is 0 Å². The maximum Gasteiger partial charge on any atom is 0.260 e. The van der Waals surface area contributed by atoms with Crippen LogP contribution in [0.15, 0.2) is 59.5 Å². The van der Waals surface area contributed by atoms with Gasteiger partial charge < -0.3 is 14.5 Å². The zero-order chi connectivity index (χ0) is 35.1. The van der Waals surface area contributed by atoms with E-state index in [2.05, 4.69) is 4.98 Å². The monoisotopic (exact) mass is 695 g/mol. The van der Waals surface area contributed by atoms with E-state index in [4.69, 9.17) is 16.5 Å². The fourth-order valence-corrected chi connectivity index (χ4v) is 6.73. The Morgan fingerprint density at radius 2 is 1.76 bits per heavy atom. The minimum absolute atomic E-state index is 0.00841. The summed E-state index contributed by atoms with van der Waals surface area (Å²) in [6.45, 7) is 8.04. The number of nitrogens with zero attached hydrogens (tertiary/aromatic N) is 5. The Morgan fingerprint density at radius 1 is 1.04 bits per heavy atom. The summed E-state index contributed by atoms with van der Waals surface area (Å²) in [4.78, 5) is 35.4. The van der Waals surface area contributed by atoms with E-state index in [1.165, 1.54) is 15.4 Å². The summed E-state index contributed by atoms with van der Waals surface area (Å²) < 4.78 is 64.7. The van der Waals surface area contributed by atoms with E-state index in [1.54, 1.807) is 41.1 Å². The molecule has 13 heteroatoms. The molecule has 2 aromatic heterocycles. The molecule has 2 aliphatic heterocycles. The first-order chi connectivity index (χ1) is 23.3. The predicted molar refractivity (Wildman–Crippen MR) is 180 cm³/mol. The number of amides is 1. The molecule has 6 rings (SSSR count). The van der Waals surface area contributed by atoms with E-state index in [-0.39, 0.29) is 42.7 Å². The van der Waals surface area contributed by atoms with Crippen molar-refractivity contribution >= 4 is 35.1 Å². The fraction of sp³-hybridized carbons (Fsp3) is 0.306. The standard InChI is InChI=1S/C36H34ClF4N5O3/c1-20(2)34-35(21(3)9-10-42-34)46-31-15-30(24-7-5-6-8-26(24)39)45(37)18-25(31)29(16-32(46)47)44-12-11-43(17-22(44)4)33(48)19-49-36-27(40)13-23(38)14-28(36)41/h5-10,13-16,20,22H,11-12,17-19H2,1-4H3/t22-/m0/s1. The van der Waals surface area contributed by atoms with Gasteiger partial charge >= 0.3 is 0 Å². The van der Waals surface area contributed by atoms with Crippen LogP contribution in [0.1, 0.15) is 54.8 Å². The molecular weight excluding hydrogens is 662 g/mol. The summed E-state index contributed by atoms with van der Waals surface area (Å²) in [6, 6.07) is 10.3. The van der Waals surface area contributed by atoms with Gasteiger partial charge in [0.2, 0.25) is 0 Å². The van der Waals surface area contributed by atoms with E-state index in [0.717, 1.165) is 16.8 Å². The van der Waals surface area contributed by atoms with Crippen LogP contribution >= 0.6 is 11.8 Å². The van der Waals surface area contributed by atoms with Crippen molar-refractivity contribution in [2.24, 2.45) is 0 Å². The van der Waals surface area contributed by atoms with Gasteiger partial charge in [0.15, 0.2) is 24.0 Å². The molecule has 4 aromatic rings. The molecule has 0 aliphatic carbocycles. The van der Waals surface area contributed by atoms with Crippen LogP contribution in [-0.2, 0) is 11.3 Å². The van der Waals surface area contributed by atoms with E-state index >= 15 is 4.39 Å². The van der Waals surface area contributed by atoms with Crippen molar-refractivity contribution < 1.29 is 27.1 Å². The number of benzene rings is 2. The van der Waals surface area contributed by atoms with Crippen molar-refractivity contribution in [3.63, 3.8) is 0 Å². The Hall–Kier alpha value is -4.84. The number of anilines is 1. The molecule has 2 aromatic carbocycles. The highest BCUT2D eigenvalue weighted by Crippen LogP contribution is 2.39. The topological polar surface area (TPSA) is 70.9 Å². The van der Waals surface area contributed by atoms with Gasteiger partial charge in [-0.2, -0.15) is 0 Å². The molecule has 256 valence electrons. The number of carbonyl (C=O) groups is 1. The van der Waals surface area contributed by atoms with E-state index in [1.807, 2.05) is 38.7 Å². The summed E-state index contributed by atoms with van der Waals surface area (Å²) in [5.74, 6) is -5.39. The molecule has 1 saturated heterocycles. The van der Waals surface area contributed by atoms with Crippen molar-refractivity contribution in [3.05, 3.63) is 116 Å². The zero-order valence-corrected chi connectivity index (χ0v) is 28.1. The molecule has 49 heavy (non-hydrogen) atoms. The summed E-state index contributed by atoms with van der Waals surface area (Å²) >= 11 is 6.84. The maximum absolute atomic E-state index is 15.1. The van der Waals surface area contributed by atoms with Crippen LogP contribution in [0.5, 0.6) is 5.75 Å². The van der Waals surface area contributed by atoms with Crippen LogP contribution in [0.2, 0.25) is 0 Å². The molecule has 4 heterocycles. The SMILES string of the molecule is Cc1ccnc(C(C)C)c1-n1c2c(c(N3CCN(C(=O)COc4c(F)cc(F)cc4F)C[C@@H]3C)cc1=O)CN(Cl)C(c1ccccc1F)=C2. The Kier molecular flexibility index (Phi) is 9.43. The van der Waals surface area contributed by atoms with Crippen molar-refractivity contribution in [1.82, 2.24) is 18.9 Å². The summed E-state index contributed by atoms with van der Waals surface area (Å²) in [5.41, 5.74) is 4.46. The second kappa shape index (κ2) is 13.6. The minimum atomic E-state index is -1.24. The van der Waals surface area contributed by atoms with E-state index in [9.17, 15) is 22.8 Å². The smallest absolute Gasteiger partial charge is 0.260 e. The van der Waals surface area contributed by atoms with Gasteiger partial charge in [0.05, 0.1) is 29.3 Å². The maximum atomic E-state index is 15.1. The first-order valence-electron chi connectivity index (χ1n) is 15.8. The second-order valence-electron chi connectivity index (χ2n) is 12.5. The molecule has 0 radical (unpaired) electrons. The highest BCUT2D eigenvalue weighted by molar-refractivity contribution is 6.19. The first-order valence-corrected chi connectivity index (χ1v) is 16.2. The molecule has 1 fully saturated rings. The average molecular weight is 696 g/mol. The lowest BCUT2D eigenvalue weighted by molar-refractivity contribution is -0.134. The lowest BCUT2D eigenvalue weighted by atomic mass is 9.98. The highest BCUT2D eigenvalue weighted by atomic mass is 35.5. The van der Waals surface area contributed by atoms with E-state index < -0.39 is 41.5 Å². The Morgan fingerprint density at radius 3 is 2.43 bits per heavy atom. The number of carbonyl (C=O) groups excluding carboxylic acids is 1. The molecule has 1 amide bonds. The van der Waals surface area contributed by atoms with Gasteiger partial charge in [0.1, 0.15) is 11.6 Å². The van der Waals surface area contributed by atoms with Gasteiger partial charge in [-0.05, 0) is 49.6 Å². The van der Waals surface area contributed by atoms with Crippen molar-refractivity contribution in [2.45, 2.75) is 46.2 Å². The molecule has 1 atom stereocenters. The lowest BCUT2D eigenvalue weighted by Crippen LogP contribution is -2.55. The molecule has 0 N–H and O–H groups in total. The number of pyridine rings is 2. The number of hydrogen-bond donors (Lipinski definition) is 0. The highest BCUT2D eigenvalue weighted by Gasteiger charge is 2.33. The number of aryl methyl sites for hydroxylation is 1. The van der Waals surface area contributed by atoms with Gasteiger partial charge in [0, 0.05) is 78.7 Å². The van der Waals surface area contributed by atoms with Crippen molar-refractivity contribution in [1.29, 1.82) is 0 Å². The van der Waals surface area contributed by atoms with Crippen LogP contribution in [0.3, 0.4) is 0 Å². The normalized spacial score (nSPS) is 16.2. The zero-order valence-electron chi connectivity index (χ0n) is 27.3. The molecule has 0 spiro atoms. The van der Waals surface area contributed by atoms with E-state index in [0.29, 0.717) is 41.4 Å². The number of rotatable bonds is 7. The van der Waals surface area contributed by atoms with Crippen LogP contribution in [0, 0.1) is 30.2 Å². The number of piperazine rings is 1. The predicted octanol–water partition coefficient (Wildman–Crippen LogP) is 6.80. The average Bonchev–Trinajstić information content (AvgIpc) is 3.04. The lowest BCUT2D eigenvalue weighted by Gasteiger charge is -2.43. The third kappa shape index (κ3) is 6.49. The number of halogens is 5. The quantitative estimate of drug-likeness (QED) is 0.157. The minimum Gasteiger partial charge on any atom is -0.478 e. The number of hydrogen-bond acceptors (Lipinski definition) is 6. The van der Waals surface area contributed by atoms with Crippen molar-refractivity contribution in [2.75, 3.05) is 31.1 Å². The molecule has 0 unspecified atom stereocenters. The van der Waals surface area contributed by atoms with Crippen LogP contribution < -0.4 is 15.2 Å². The third-order valence-corrected chi connectivity index (χ3v) is 9.14. The van der Waals surface area contributed by atoms with Crippen LogP contribution in [0.25, 0.3) is 17.5 Å². The molecule has 0 bridgehead atoms. The molecule has 2 aliphatic rings. The Labute approximate surface area is 285 Å². The number of aromatic nitrogens is 2. The van der Waals surface area contributed by atoms with Crippen molar-refractivity contribution in [3.8, 4) is 11.4 Å². The molecule has 8 nitrogen and oxygen atoms in total. The number of ether oxygens (including phenoxy) is 1. The van der Waals surface area contributed by atoms with Crippen LogP contribution in [0.4, 0.5) is 23.2 Å². The fourth-order valence-electron chi connectivity index (χ4n) is 6.47. The van der Waals surface area contributed by atoms with Gasteiger partial charge in [-0.25, -0.2) is 17.6 Å². The largest absolute Gasteiger partial charge is 0.478 e. The van der Waals surface area contributed by atoms with Gasteiger partial charge in [0.25, 0.3) is 11.5 Å². The Balaban J connectivity index is 1.38. The van der Waals surface area contributed by atoms with Gasteiger partial charge in [-0.1, -0.05) is 26.0 Å². The molecule has 0 saturated carbocycles.